The van der Waals surface area contributed by atoms with Gasteiger partial charge in [-0.05, 0) is 32.1 Å². The van der Waals surface area contributed by atoms with Crippen LogP contribution in [0.4, 0.5) is 4.79 Å². The molecule has 0 saturated carbocycles. The molecule has 1 fully saturated rings. The summed E-state index contributed by atoms with van der Waals surface area (Å²) in [6.07, 6.45) is 5.36. The fraction of sp³-hybridized carbons (Fsp3) is 0.471. The van der Waals surface area contributed by atoms with Crippen LogP contribution in [0.15, 0.2) is 24.5 Å². The van der Waals surface area contributed by atoms with Gasteiger partial charge in [0.2, 0.25) is 0 Å². The Labute approximate surface area is 141 Å². The summed E-state index contributed by atoms with van der Waals surface area (Å²) in [6, 6.07) is 4.18. The van der Waals surface area contributed by atoms with Crippen molar-refractivity contribution in [2.75, 3.05) is 26.7 Å². The molecule has 2 aliphatic heterocycles. The van der Waals surface area contributed by atoms with Crippen LogP contribution in [0.1, 0.15) is 17.7 Å². The summed E-state index contributed by atoms with van der Waals surface area (Å²) in [7, 11) is 2.09. The Kier molecular flexibility index (Phi) is 3.93. The van der Waals surface area contributed by atoms with Crippen LogP contribution in [-0.2, 0) is 13.0 Å². The predicted octanol–water partition coefficient (Wildman–Crippen LogP) is 1.24. The van der Waals surface area contributed by atoms with Crippen molar-refractivity contribution in [3.63, 3.8) is 0 Å². The number of nitrogens with zero attached hydrogens (tertiary/aromatic N) is 4. The second-order valence-electron chi connectivity index (χ2n) is 6.63. The Morgan fingerprint density at radius 2 is 2.17 bits per heavy atom. The number of likely N-dealkylation sites (N-methyl/N-ethyl adjacent to an activating group) is 1. The fourth-order valence-electron chi connectivity index (χ4n) is 3.54. The van der Waals surface area contributed by atoms with Gasteiger partial charge in [0.25, 0.3) is 0 Å². The molecular weight excluding hydrogens is 304 g/mol. The van der Waals surface area contributed by atoms with E-state index in [0.717, 1.165) is 55.0 Å². The van der Waals surface area contributed by atoms with Crippen LogP contribution in [-0.4, -0.2) is 63.7 Å². The van der Waals surface area contributed by atoms with Gasteiger partial charge in [-0.1, -0.05) is 0 Å². The molecule has 2 aliphatic rings. The van der Waals surface area contributed by atoms with Crippen LogP contribution in [0.2, 0.25) is 0 Å². The van der Waals surface area contributed by atoms with Crippen molar-refractivity contribution >= 4 is 6.03 Å². The zero-order valence-corrected chi connectivity index (χ0v) is 13.8. The van der Waals surface area contributed by atoms with E-state index >= 15 is 0 Å². The second-order valence-corrected chi connectivity index (χ2v) is 6.63. The van der Waals surface area contributed by atoms with Crippen molar-refractivity contribution in [3.8, 4) is 11.3 Å². The highest BCUT2D eigenvalue weighted by molar-refractivity contribution is 5.76. The minimum absolute atomic E-state index is 0.0304. The first-order valence-corrected chi connectivity index (χ1v) is 8.41. The van der Waals surface area contributed by atoms with Crippen LogP contribution < -0.4 is 5.32 Å². The Hall–Kier alpha value is -2.41. The van der Waals surface area contributed by atoms with Gasteiger partial charge in [-0.25, -0.2) is 4.79 Å². The topological polar surface area (TPSA) is 77.2 Å². The lowest BCUT2D eigenvalue weighted by atomic mass is 10.0. The van der Waals surface area contributed by atoms with Gasteiger partial charge >= 0.3 is 6.03 Å². The molecule has 2 amide bonds. The summed E-state index contributed by atoms with van der Waals surface area (Å²) >= 11 is 0. The van der Waals surface area contributed by atoms with Crippen molar-refractivity contribution in [2.24, 2.45) is 0 Å². The number of hydrogen-bond acceptors (Lipinski definition) is 4. The minimum Gasteiger partial charge on any atom is -0.334 e. The molecule has 0 aliphatic carbocycles. The Morgan fingerprint density at radius 1 is 1.33 bits per heavy atom. The molecule has 1 atom stereocenters. The number of aromatic amines is 1. The first-order chi connectivity index (χ1) is 11.7. The smallest absolute Gasteiger partial charge is 0.317 e. The number of hydrogen-bond donors (Lipinski definition) is 2. The second kappa shape index (κ2) is 6.24. The lowest BCUT2D eigenvalue weighted by molar-refractivity contribution is 0.188. The maximum absolute atomic E-state index is 12.6. The van der Waals surface area contributed by atoms with Crippen LogP contribution in [0.3, 0.4) is 0 Å². The molecule has 4 heterocycles. The average molecular weight is 326 g/mol. The number of carbonyl (C=O) groups is 1. The van der Waals surface area contributed by atoms with E-state index < -0.39 is 0 Å². The molecule has 0 aromatic carbocycles. The summed E-state index contributed by atoms with van der Waals surface area (Å²) < 4.78 is 0. The lowest BCUT2D eigenvalue weighted by Gasteiger charge is -2.28. The number of rotatable bonds is 2. The molecule has 7 nitrogen and oxygen atoms in total. The van der Waals surface area contributed by atoms with Crippen LogP contribution in [0.5, 0.6) is 0 Å². The number of pyridine rings is 1. The van der Waals surface area contributed by atoms with Gasteiger partial charge in [-0.3, -0.25) is 10.1 Å². The summed E-state index contributed by atoms with van der Waals surface area (Å²) in [4.78, 5) is 20.8. The Bertz CT molecular complexity index is 728. The number of urea groups is 1. The van der Waals surface area contributed by atoms with Gasteiger partial charge < -0.3 is 15.1 Å². The van der Waals surface area contributed by atoms with Gasteiger partial charge in [0.15, 0.2) is 0 Å². The first kappa shape index (κ1) is 15.1. The molecule has 1 saturated heterocycles. The highest BCUT2D eigenvalue weighted by atomic mass is 16.2. The Balaban J connectivity index is 1.49. The molecule has 0 radical (unpaired) electrons. The number of amides is 2. The van der Waals surface area contributed by atoms with Gasteiger partial charge in [0.05, 0.1) is 12.2 Å². The standard InChI is InChI=1S/C17H22N6O/c1-22-8-4-13(10-22)19-17(24)23-9-5-15-14(11-23)16(21-20-15)12-2-6-18-7-3-12/h2-3,6-7,13H,4-5,8-11H2,1H3,(H,19,24)(H,20,21). The molecule has 0 spiro atoms. The molecule has 1 unspecified atom stereocenters. The lowest BCUT2D eigenvalue weighted by Crippen LogP contribution is -2.47. The van der Waals surface area contributed by atoms with Crippen molar-refractivity contribution < 1.29 is 4.79 Å². The predicted molar refractivity (Wildman–Crippen MR) is 90.4 cm³/mol. The maximum atomic E-state index is 12.6. The normalized spacial score (nSPS) is 20.9. The van der Waals surface area contributed by atoms with E-state index in [4.69, 9.17) is 0 Å². The number of aromatic nitrogens is 3. The van der Waals surface area contributed by atoms with Gasteiger partial charge in [-0.15, -0.1) is 0 Å². The van der Waals surface area contributed by atoms with Crippen LogP contribution in [0.25, 0.3) is 11.3 Å². The number of H-pyrrole nitrogens is 1. The maximum Gasteiger partial charge on any atom is 0.317 e. The third-order valence-corrected chi connectivity index (χ3v) is 4.89. The van der Waals surface area contributed by atoms with Crippen molar-refractivity contribution in [1.29, 1.82) is 0 Å². The molecular formula is C17H22N6O. The van der Waals surface area contributed by atoms with Crippen molar-refractivity contribution in [1.82, 2.24) is 30.3 Å². The summed E-state index contributed by atoms with van der Waals surface area (Å²) in [5.41, 5.74) is 4.20. The van der Waals surface area contributed by atoms with E-state index in [1.54, 1.807) is 12.4 Å². The fourth-order valence-corrected chi connectivity index (χ4v) is 3.54. The molecule has 24 heavy (non-hydrogen) atoms. The van der Waals surface area contributed by atoms with E-state index in [1.807, 2.05) is 17.0 Å². The first-order valence-electron chi connectivity index (χ1n) is 8.41. The zero-order chi connectivity index (χ0) is 16.5. The van der Waals surface area contributed by atoms with E-state index in [2.05, 4.69) is 32.4 Å². The molecule has 7 heteroatoms. The minimum atomic E-state index is 0.0304. The van der Waals surface area contributed by atoms with E-state index in [0.29, 0.717) is 6.54 Å². The highest BCUT2D eigenvalue weighted by Gasteiger charge is 2.28. The van der Waals surface area contributed by atoms with Crippen molar-refractivity contribution in [2.45, 2.75) is 25.4 Å². The SMILES string of the molecule is CN1CCC(NC(=O)N2CCc3[nH]nc(-c4ccncc4)c3C2)C1. The highest BCUT2D eigenvalue weighted by Crippen LogP contribution is 2.28. The number of likely N-dealkylation sites (tertiary alicyclic amines) is 1. The van der Waals surface area contributed by atoms with Crippen LogP contribution in [0, 0.1) is 0 Å². The largest absolute Gasteiger partial charge is 0.334 e. The molecule has 4 rings (SSSR count). The summed E-state index contributed by atoms with van der Waals surface area (Å²) in [5, 5.41) is 10.8. The van der Waals surface area contributed by atoms with E-state index in [1.165, 1.54) is 0 Å². The molecule has 2 N–H and O–H groups in total. The van der Waals surface area contributed by atoms with Gasteiger partial charge in [0.1, 0.15) is 0 Å². The molecule has 0 bridgehead atoms. The van der Waals surface area contributed by atoms with Gasteiger partial charge in [0, 0.05) is 54.8 Å². The van der Waals surface area contributed by atoms with Crippen LogP contribution >= 0.6 is 0 Å². The summed E-state index contributed by atoms with van der Waals surface area (Å²) in [5.74, 6) is 0. The number of nitrogens with one attached hydrogen (secondary N) is 2. The third-order valence-electron chi connectivity index (χ3n) is 4.89. The zero-order valence-electron chi connectivity index (χ0n) is 13.8. The van der Waals surface area contributed by atoms with E-state index in [9.17, 15) is 4.79 Å². The molecule has 2 aromatic rings. The van der Waals surface area contributed by atoms with E-state index in [-0.39, 0.29) is 12.1 Å². The molecule has 2 aromatic heterocycles. The number of fused-ring (bicyclic) bond motifs is 1. The Morgan fingerprint density at radius 3 is 2.92 bits per heavy atom. The third kappa shape index (κ3) is 2.87. The van der Waals surface area contributed by atoms with Gasteiger partial charge in [-0.2, -0.15) is 5.10 Å². The summed E-state index contributed by atoms with van der Waals surface area (Å²) in [6.45, 7) is 3.29. The molecule has 126 valence electrons. The monoisotopic (exact) mass is 326 g/mol. The quantitative estimate of drug-likeness (QED) is 0.870. The number of carbonyl (C=O) groups excluding carboxylic acids is 1. The van der Waals surface area contributed by atoms with Crippen molar-refractivity contribution in [3.05, 3.63) is 35.8 Å². The average Bonchev–Trinajstić information content (AvgIpc) is 3.21.